The minimum Gasteiger partial charge on any atom is -0.378 e. The highest BCUT2D eigenvalue weighted by Crippen LogP contribution is 2.30. The van der Waals surface area contributed by atoms with E-state index in [1.165, 1.54) is 0 Å². The molecule has 0 aliphatic carbocycles. The largest absolute Gasteiger partial charge is 0.378 e. The number of aromatic nitrogens is 3. The molecule has 142 valence electrons. The van der Waals surface area contributed by atoms with E-state index in [4.69, 9.17) is 9.72 Å². The van der Waals surface area contributed by atoms with Crippen molar-refractivity contribution in [2.45, 2.75) is 6.54 Å². The molecule has 0 unspecified atom stereocenters. The van der Waals surface area contributed by atoms with Gasteiger partial charge in [-0.2, -0.15) is 0 Å². The molecule has 28 heavy (non-hydrogen) atoms. The number of aromatic amines is 1. The second-order valence-corrected chi connectivity index (χ2v) is 7.67. The van der Waals surface area contributed by atoms with Crippen molar-refractivity contribution in [3.8, 4) is 0 Å². The van der Waals surface area contributed by atoms with Crippen LogP contribution in [0.5, 0.6) is 0 Å². The second-order valence-electron chi connectivity index (χ2n) is 6.66. The Morgan fingerprint density at radius 1 is 1.14 bits per heavy atom. The SMILES string of the molecule is O=C(NCc1nc2ccccc2[nH]1)c1ccc2nc(N3CCOCC3)sc2c1. The van der Waals surface area contributed by atoms with Crippen molar-refractivity contribution in [3.63, 3.8) is 0 Å². The van der Waals surface area contributed by atoms with Crippen LogP contribution in [0.1, 0.15) is 16.2 Å². The molecular weight excluding hydrogens is 374 g/mol. The highest BCUT2D eigenvalue weighted by molar-refractivity contribution is 7.22. The number of fused-ring (bicyclic) bond motifs is 2. The molecule has 4 aromatic rings. The third-order valence-electron chi connectivity index (χ3n) is 4.78. The molecule has 1 amide bonds. The van der Waals surface area contributed by atoms with Crippen molar-refractivity contribution >= 4 is 43.6 Å². The van der Waals surface area contributed by atoms with Crippen molar-refractivity contribution in [2.75, 3.05) is 31.2 Å². The maximum atomic E-state index is 12.6. The number of nitrogens with one attached hydrogen (secondary N) is 2. The lowest BCUT2D eigenvalue weighted by atomic mass is 10.2. The van der Waals surface area contributed by atoms with E-state index in [2.05, 4.69) is 20.2 Å². The molecule has 1 fully saturated rings. The number of para-hydroxylation sites is 2. The molecule has 8 heteroatoms. The maximum Gasteiger partial charge on any atom is 0.251 e. The number of ether oxygens (including phenoxy) is 1. The molecule has 0 bridgehead atoms. The van der Waals surface area contributed by atoms with Crippen LogP contribution < -0.4 is 10.2 Å². The summed E-state index contributed by atoms with van der Waals surface area (Å²) in [6, 6.07) is 13.5. The number of imidazole rings is 1. The van der Waals surface area contributed by atoms with Gasteiger partial charge in [0.25, 0.3) is 5.91 Å². The number of anilines is 1. The summed E-state index contributed by atoms with van der Waals surface area (Å²) in [5.41, 5.74) is 3.41. The Morgan fingerprint density at radius 3 is 2.86 bits per heavy atom. The number of benzene rings is 2. The van der Waals surface area contributed by atoms with Crippen molar-refractivity contribution in [2.24, 2.45) is 0 Å². The Labute approximate surface area is 165 Å². The van der Waals surface area contributed by atoms with E-state index < -0.39 is 0 Å². The van der Waals surface area contributed by atoms with Gasteiger partial charge in [-0.1, -0.05) is 23.5 Å². The van der Waals surface area contributed by atoms with E-state index in [0.29, 0.717) is 12.1 Å². The molecule has 7 nitrogen and oxygen atoms in total. The van der Waals surface area contributed by atoms with Gasteiger partial charge in [-0.3, -0.25) is 4.79 Å². The number of thiazole rings is 1. The minimum atomic E-state index is -0.122. The zero-order valence-corrected chi connectivity index (χ0v) is 16.0. The van der Waals surface area contributed by atoms with Gasteiger partial charge in [-0.05, 0) is 30.3 Å². The van der Waals surface area contributed by atoms with Gasteiger partial charge in [-0.15, -0.1) is 0 Å². The van der Waals surface area contributed by atoms with E-state index in [1.54, 1.807) is 11.3 Å². The third-order valence-corrected chi connectivity index (χ3v) is 5.85. The predicted molar refractivity (Wildman–Crippen MR) is 110 cm³/mol. The van der Waals surface area contributed by atoms with Gasteiger partial charge in [0, 0.05) is 18.7 Å². The Morgan fingerprint density at radius 2 is 2.00 bits per heavy atom. The first kappa shape index (κ1) is 17.2. The van der Waals surface area contributed by atoms with E-state index in [1.807, 2.05) is 42.5 Å². The number of hydrogen-bond acceptors (Lipinski definition) is 6. The first-order valence-electron chi connectivity index (χ1n) is 9.21. The molecular formula is C20H19N5O2S. The van der Waals surface area contributed by atoms with Gasteiger partial charge in [0.15, 0.2) is 5.13 Å². The highest BCUT2D eigenvalue weighted by Gasteiger charge is 2.16. The zero-order valence-electron chi connectivity index (χ0n) is 15.1. The van der Waals surface area contributed by atoms with Crippen molar-refractivity contribution in [3.05, 3.63) is 53.9 Å². The third kappa shape index (κ3) is 3.32. The Balaban J connectivity index is 1.31. The summed E-state index contributed by atoms with van der Waals surface area (Å²) in [5.74, 6) is 0.617. The number of morpholine rings is 1. The molecule has 0 spiro atoms. The van der Waals surface area contributed by atoms with Crippen LogP contribution >= 0.6 is 11.3 Å². The lowest BCUT2D eigenvalue weighted by molar-refractivity contribution is 0.0950. The van der Waals surface area contributed by atoms with E-state index >= 15 is 0 Å². The van der Waals surface area contributed by atoms with Crippen molar-refractivity contribution in [1.29, 1.82) is 0 Å². The molecule has 3 heterocycles. The quantitative estimate of drug-likeness (QED) is 0.557. The summed E-state index contributed by atoms with van der Waals surface area (Å²) < 4.78 is 6.41. The number of H-pyrrole nitrogens is 1. The van der Waals surface area contributed by atoms with Gasteiger partial charge in [-0.25, -0.2) is 9.97 Å². The summed E-state index contributed by atoms with van der Waals surface area (Å²) in [6.45, 7) is 3.51. The molecule has 2 aromatic carbocycles. The molecule has 0 saturated carbocycles. The standard InChI is InChI=1S/C20H19N5O2S/c26-19(21-12-18-22-14-3-1-2-4-15(14)23-18)13-5-6-16-17(11-13)28-20(24-16)25-7-9-27-10-8-25/h1-6,11H,7-10,12H2,(H,21,26)(H,22,23). The zero-order chi connectivity index (χ0) is 18.9. The molecule has 1 aliphatic heterocycles. The average Bonchev–Trinajstić information content (AvgIpc) is 3.35. The van der Waals surface area contributed by atoms with Gasteiger partial charge in [0.05, 0.1) is 41.0 Å². The number of nitrogens with zero attached hydrogens (tertiary/aromatic N) is 3. The van der Waals surface area contributed by atoms with Crippen LogP contribution in [0, 0.1) is 0 Å². The number of amides is 1. The predicted octanol–water partition coefficient (Wildman–Crippen LogP) is 2.94. The fourth-order valence-electron chi connectivity index (χ4n) is 3.30. The summed E-state index contributed by atoms with van der Waals surface area (Å²) >= 11 is 1.61. The summed E-state index contributed by atoms with van der Waals surface area (Å²) in [5, 5.41) is 3.92. The summed E-state index contributed by atoms with van der Waals surface area (Å²) in [7, 11) is 0. The molecule has 0 atom stereocenters. The van der Waals surface area contributed by atoms with Crippen LogP contribution in [0.2, 0.25) is 0 Å². The molecule has 1 aliphatic rings. The molecule has 2 aromatic heterocycles. The van der Waals surface area contributed by atoms with Gasteiger partial charge in [0.1, 0.15) is 5.82 Å². The van der Waals surface area contributed by atoms with E-state index in [-0.39, 0.29) is 5.91 Å². The first-order chi connectivity index (χ1) is 13.8. The Bertz CT molecular complexity index is 1110. The van der Waals surface area contributed by atoms with Gasteiger partial charge < -0.3 is 19.9 Å². The number of carbonyl (C=O) groups is 1. The summed E-state index contributed by atoms with van der Waals surface area (Å²) in [6.07, 6.45) is 0. The van der Waals surface area contributed by atoms with Crippen LogP contribution in [0.15, 0.2) is 42.5 Å². The molecule has 5 rings (SSSR count). The topological polar surface area (TPSA) is 83.1 Å². The van der Waals surface area contributed by atoms with Crippen LogP contribution in [0.3, 0.4) is 0 Å². The van der Waals surface area contributed by atoms with Crippen molar-refractivity contribution < 1.29 is 9.53 Å². The lowest BCUT2D eigenvalue weighted by Crippen LogP contribution is -2.36. The molecule has 1 saturated heterocycles. The molecule has 2 N–H and O–H groups in total. The van der Waals surface area contributed by atoms with Crippen LogP contribution in [-0.4, -0.2) is 47.2 Å². The van der Waals surface area contributed by atoms with E-state index in [0.717, 1.165) is 58.5 Å². The smallest absolute Gasteiger partial charge is 0.251 e. The Hall–Kier alpha value is -2.97. The van der Waals surface area contributed by atoms with Crippen molar-refractivity contribution in [1.82, 2.24) is 20.3 Å². The Kier molecular flexibility index (Phi) is 4.42. The summed E-state index contributed by atoms with van der Waals surface area (Å²) in [4.78, 5) is 27.2. The van der Waals surface area contributed by atoms with Crippen LogP contribution in [0.25, 0.3) is 21.3 Å². The lowest BCUT2D eigenvalue weighted by Gasteiger charge is -2.25. The monoisotopic (exact) mass is 393 g/mol. The number of hydrogen-bond donors (Lipinski definition) is 2. The first-order valence-corrected chi connectivity index (χ1v) is 10.0. The average molecular weight is 393 g/mol. The van der Waals surface area contributed by atoms with Crippen LogP contribution in [-0.2, 0) is 11.3 Å². The minimum absolute atomic E-state index is 0.122. The fraction of sp³-hybridized carbons (Fsp3) is 0.250. The fourth-order valence-corrected chi connectivity index (χ4v) is 4.36. The number of carbonyl (C=O) groups excluding carboxylic acids is 1. The number of rotatable bonds is 4. The highest BCUT2D eigenvalue weighted by atomic mass is 32.1. The van der Waals surface area contributed by atoms with Gasteiger partial charge in [0.2, 0.25) is 0 Å². The normalized spacial score (nSPS) is 14.6. The molecule has 0 radical (unpaired) electrons. The van der Waals surface area contributed by atoms with Gasteiger partial charge >= 0.3 is 0 Å². The van der Waals surface area contributed by atoms with Crippen LogP contribution in [0.4, 0.5) is 5.13 Å². The van der Waals surface area contributed by atoms with E-state index in [9.17, 15) is 4.79 Å². The second kappa shape index (κ2) is 7.21. The maximum absolute atomic E-state index is 12.6.